The van der Waals surface area contributed by atoms with Gasteiger partial charge in [-0.05, 0) is 11.4 Å². The molecule has 0 atom stereocenters. The van der Waals surface area contributed by atoms with E-state index in [1.807, 2.05) is 5.38 Å². The first-order valence-electron chi connectivity index (χ1n) is 4.78. The van der Waals surface area contributed by atoms with Crippen LogP contribution in [0.15, 0.2) is 23.6 Å². The third-order valence-electron chi connectivity index (χ3n) is 2.22. The predicted octanol–water partition coefficient (Wildman–Crippen LogP) is 3.36. The number of nitrogens with two attached hydrogens (primary N) is 1. The van der Waals surface area contributed by atoms with Gasteiger partial charge in [-0.1, -0.05) is 0 Å². The Hall–Kier alpha value is -1.69. The number of thiophene rings is 1. The monoisotopic (exact) mass is 258 g/mol. The standard InChI is InChI=1S/C11H9F3N2S/c12-7-3-6(4-8(13)11(7)14)16-5-10-9(15)1-2-17-10/h1-4,16H,5,15H2. The van der Waals surface area contributed by atoms with Gasteiger partial charge in [-0.3, -0.25) is 0 Å². The van der Waals surface area contributed by atoms with Gasteiger partial charge in [-0.15, -0.1) is 11.3 Å². The van der Waals surface area contributed by atoms with Gasteiger partial charge in [0, 0.05) is 28.4 Å². The van der Waals surface area contributed by atoms with Gasteiger partial charge in [-0.2, -0.15) is 0 Å². The van der Waals surface area contributed by atoms with Crippen LogP contribution in [-0.2, 0) is 6.54 Å². The number of hydrogen-bond donors (Lipinski definition) is 2. The van der Waals surface area contributed by atoms with E-state index in [4.69, 9.17) is 5.73 Å². The van der Waals surface area contributed by atoms with Crippen LogP contribution in [0.1, 0.15) is 4.88 Å². The van der Waals surface area contributed by atoms with Gasteiger partial charge in [0.1, 0.15) is 0 Å². The van der Waals surface area contributed by atoms with Crippen LogP contribution < -0.4 is 11.1 Å². The number of hydrogen-bond acceptors (Lipinski definition) is 3. The molecule has 0 saturated heterocycles. The molecule has 90 valence electrons. The Labute approximate surface area is 99.9 Å². The molecule has 0 unspecified atom stereocenters. The van der Waals surface area contributed by atoms with E-state index in [9.17, 15) is 13.2 Å². The van der Waals surface area contributed by atoms with Gasteiger partial charge in [0.05, 0.1) is 6.54 Å². The van der Waals surface area contributed by atoms with Crippen molar-refractivity contribution in [1.29, 1.82) is 0 Å². The Morgan fingerprint density at radius 3 is 2.35 bits per heavy atom. The lowest BCUT2D eigenvalue weighted by molar-refractivity contribution is 0.447. The van der Waals surface area contributed by atoms with Crippen LogP contribution in [0.5, 0.6) is 0 Å². The summed E-state index contributed by atoms with van der Waals surface area (Å²) in [4.78, 5) is 0.857. The average molecular weight is 258 g/mol. The molecule has 0 fully saturated rings. The number of nitrogens with one attached hydrogen (secondary N) is 1. The molecule has 0 aliphatic carbocycles. The largest absolute Gasteiger partial charge is 0.398 e. The number of anilines is 2. The quantitative estimate of drug-likeness (QED) is 0.828. The van der Waals surface area contributed by atoms with Crippen molar-refractivity contribution >= 4 is 22.7 Å². The van der Waals surface area contributed by atoms with Crippen LogP contribution in [0.2, 0.25) is 0 Å². The molecule has 2 aromatic rings. The summed E-state index contributed by atoms with van der Waals surface area (Å²) in [6.07, 6.45) is 0. The van der Waals surface area contributed by atoms with Crippen LogP contribution >= 0.6 is 11.3 Å². The van der Waals surface area contributed by atoms with Gasteiger partial charge in [0.15, 0.2) is 17.5 Å². The highest BCUT2D eigenvalue weighted by molar-refractivity contribution is 7.10. The molecule has 0 bridgehead atoms. The van der Waals surface area contributed by atoms with Crippen molar-refractivity contribution in [3.8, 4) is 0 Å². The van der Waals surface area contributed by atoms with E-state index in [-0.39, 0.29) is 5.69 Å². The van der Waals surface area contributed by atoms with E-state index in [1.165, 1.54) is 11.3 Å². The van der Waals surface area contributed by atoms with E-state index in [2.05, 4.69) is 5.32 Å². The van der Waals surface area contributed by atoms with Gasteiger partial charge in [-0.25, -0.2) is 13.2 Å². The van der Waals surface area contributed by atoms with Crippen molar-refractivity contribution in [3.63, 3.8) is 0 Å². The average Bonchev–Trinajstić information content (AvgIpc) is 2.69. The second-order valence-electron chi connectivity index (χ2n) is 3.41. The molecule has 3 N–H and O–H groups in total. The minimum absolute atomic E-state index is 0.175. The zero-order chi connectivity index (χ0) is 12.4. The molecule has 2 rings (SSSR count). The van der Waals surface area contributed by atoms with Gasteiger partial charge in [0.2, 0.25) is 0 Å². The number of benzene rings is 1. The first-order valence-corrected chi connectivity index (χ1v) is 5.66. The van der Waals surface area contributed by atoms with E-state index >= 15 is 0 Å². The van der Waals surface area contributed by atoms with Crippen molar-refractivity contribution in [2.24, 2.45) is 0 Å². The molecule has 0 spiro atoms. The summed E-state index contributed by atoms with van der Waals surface area (Å²) in [7, 11) is 0. The Kier molecular flexibility index (Phi) is 3.23. The van der Waals surface area contributed by atoms with Crippen molar-refractivity contribution in [2.45, 2.75) is 6.54 Å². The van der Waals surface area contributed by atoms with Gasteiger partial charge >= 0.3 is 0 Å². The Morgan fingerprint density at radius 2 is 1.82 bits per heavy atom. The highest BCUT2D eigenvalue weighted by Gasteiger charge is 2.10. The molecule has 17 heavy (non-hydrogen) atoms. The van der Waals surface area contributed by atoms with Crippen LogP contribution in [-0.4, -0.2) is 0 Å². The lowest BCUT2D eigenvalue weighted by Gasteiger charge is -2.06. The minimum Gasteiger partial charge on any atom is -0.398 e. The number of halogens is 3. The molecule has 1 heterocycles. The number of rotatable bonds is 3. The maximum Gasteiger partial charge on any atom is 0.194 e. The molecule has 6 heteroatoms. The lowest BCUT2D eigenvalue weighted by atomic mass is 10.2. The molecule has 2 nitrogen and oxygen atoms in total. The summed E-state index contributed by atoms with van der Waals surface area (Å²) < 4.78 is 38.5. The molecule has 0 aliphatic heterocycles. The zero-order valence-corrected chi connectivity index (χ0v) is 9.45. The van der Waals surface area contributed by atoms with E-state index < -0.39 is 17.5 Å². The van der Waals surface area contributed by atoms with Crippen molar-refractivity contribution < 1.29 is 13.2 Å². The van der Waals surface area contributed by atoms with Gasteiger partial charge in [0.25, 0.3) is 0 Å². The number of nitrogen functional groups attached to an aromatic ring is 1. The van der Waals surface area contributed by atoms with E-state index in [1.54, 1.807) is 6.07 Å². The second kappa shape index (κ2) is 4.67. The fourth-order valence-corrected chi connectivity index (χ4v) is 2.07. The Morgan fingerprint density at radius 1 is 1.18 bits per heavy atom. The highest BCUT2D eigenvalue weighted by atomic mass is 32.1. The Bertz CT molecular complexity index is 516. The molecule has 0 saturated carbocycles. The summed E-state index contributed by atoms with van der Waals surface area (Å²) in [6, 6.07) is 3.55. The maximum atomic E-state index is 12.9. The summed E-state index contributed by atoms with van der Waals surface area (Å²) in [5, 5.41) is 4.60. The van der Waals surface area contributed by atoms with Crippen molar-refractivity contribution in [1.82, 2.24) is 0 Å². The normalized spacial score (nSPS) is 10.5. The third kappa shape index (κ3) is 2.52. The molecule has 1 aromatic heterocycles. The molecule has 0 aliphatic rings. The van der Waals surface area contributed by atoms with Crippen molar-refractivity contribution in [2.75, 3.05) is 11.1 Å². The lowest BCUT2D eigenvalue weighted by Crippen LogP contribution is -2.02. The minimum atomic E-state index is -1.47. The van der Waals surface area contributed by atoms with Crippen LogP contribution in [0.4, 0.5) is 24.5 Å². The summed E-state index contributed by atoms with van der Waals surface area (Å²) in [5.41, 5.74) is 6.44. The first kappa shape index (κ1) is 11.8. The van der Waals surface area contributed by atoms with Crippen LogP contribution in [0.25, 0.3) is 0 Å². The molecule has 0 radical (unpaired) electrons. The Balaban J connectivity index is 2.12. The molecular formula is C11H9F3N2S. The van der Waals surface area contributed by atoms with E-state index in [0.717, 1.165) is 17.0 Å². The SMILES string of the molecule is Nc1ccsc1CNc1cc(F)c(F)c(F)c1. The fraction of sp³-hybridized carbons (Fsp3) is 0.0909. The summed E-state index contributed by atoms with van der Waals surface area (Å²) >= 11 is 1.43. The molecular weight excluding hydrogens is 249 g/mol. The topological polar surface area (TPSA) is 38.0 Å². The molecule has 0 amide bonds. The van der Waals surface area contributed by atoms with Crippen LogP contribution in [0, 0.1) is 17.5 Å². The smallest absolute Gasteiger partial charge is 0.194 e. The van der Waals surface area contributed by atoms with E-state index in [0.29, 0.717) is 12.2 Å². The highest BCUT2D eigenvalue weighted by Crippen LogP contribution is 2.22. The van der Waals surface area contributed by atoms with Crippen molar-refractivity contribution in [3.05, 3.63) is 45.9 Å². The fourth-order valence-electron chi connectivity index (χ4n) is 1.33. The zero-order valence-electron chi connectivity index (χ0n) is 8.64. The maximum absolute atomic E-state index is 12.9. The third-order valence-corrected chi connectivity index (χ3v) is 3.15. The summed E-state index contributed by atoms with van der Waals surface area (Å²) in [6.45, 7) is 0.341. The second-order valence-corrected chi connectivity index (χ2v) is 4.41. The molecule has 1 aromatic carbocycles. The predicted molar refractivity (Wildman–Crippen MR) is 62.4 cm³/mol. The summed E-state index contributed by atoms with van der Waals surface area (Å²) in [5.74, 6) is -3.90. The first-order chi connectivity index (χ1) is 8.08. The van der Waals surface area contributed by atoms with Crippen LogP contribution in [0.3, 0.4) is 0 Å². The van der Waals surface area contributed by atoms with Gasteiger partial charge < -0.3 is 11.1 Å².